The van der Waals surface area contributed by atoms with Gasteiger partial charge in [0.25, 0.3) is 0 Å². The van der Waals surface area contributed by atoms with E-state index in [1.54, 1.807) is 44.6 Å². The van der Waals surface area contributed by atoms with Crippen LogP contribution in [-0.2, 0) is 11.2 Å². The maximum atomic E-state index is 11.8. The minimum atomic E-state index is -0.915. The van der Waals surface area contributed by atoms with Crippen molar-refractivity contribution >= 4 is 5.97 Å². The van der Waals surface area contributed by atoms with Crippen LogP contribution in [0.1, 0.15) is 17.0 Å². The van der Waals surface area contributed by atoms with Crippen LogP contribution in [0.2, 0.25) is 0 Å². The summed E-state index contributed by atoms with van der Waals surface area (Å²) in [6.45, 7) is 0. The molecule has 0 heterocycles. The zero-order valence-electron chi connectivity index (χ0n) is 14.7. The molecule has 0 fully saturated rings. The second kappa shape index (κ2) is 8.28. The van der Waals surface area contributed by atoms with Crippen molar-refractivity contribution in [2.75, 3.05) is 28.4 Å². The van der Waals surface area contributed by atoms with Crippen molar-refractivity contribution in [2.24, 2.45) is 0 Å². The Bertz CT molecular complexity index is 741. The number of hydrogen-bond acceptors (Lipinski definition) is 5. The first-order valence-electron chi connectivity index (χ1n) is 7.69. The fraction of sp³-hybridized carbons (Fsp3) is 0.316. The van der Waals surface area contributed by atoms with Crippen molar-refractivity contribution < 1.29 is 28.8 Å². The van der Waals surface area contributed by atoms with Crippen LogP contribution in [0.5, 0.6) is 23.0 Å². The summed E-state index contributed by atoms with van der Waals surface area (Å²) in [5.41, 5.74) is 1.47. The summed E-state index contributed by atoms with van der Waals surface area (Å²) in [4.78, 5) is 11.8. The van der Waals surface area contributed by atoms with Crippen molar-refractivity contribution in [3.8, 4) is 23.0 Å². The van der Waals surface area contributed by atoms with Gasteiger partial charge >= 0.3 is 5.97 Å². The predicted octanol–water partition coefficient (Wildman–Crippen LogP) is 3.13. The molecule has 0 bridgehead atoms. The molecule has 2 aromatic rings. The van der Waals surface area contributed by atoms with E-state index in [9.17, 15) is 9.90 Å². The molecular weight excluding hydrogens is 324 g/mol. The molecule has 134 valence electrons. The molecule has 0 spiro atoms. The van der Waals surface area contributed by atoms with Crippen LogP contribution in [0, 0.1) is 0 Å². The van der Waals surface area contributed by atoms with Gasteiger partial charge in [-0.15, -0.1) is 0 Å². The van der Waals surface area contributed by atoms with Gasteiger partial charge in [-0.05, 0) is 41.8 Å². The Kier molecular flexibility index (Phi) is 6.11. The highest BCUT2D eigenvalue weighted by atomic mass is 16.5. The predicted molar refractivity (Wildman–Crippen MR) is 93.2 cm³/mol. The third kappa shape index (κ3) is 4.15. The van der Waals surface area contributed by atoms with Gasteiger partial charge in [0, 0.05) is 0 Å². The second-order valence-electron chi connectivity index (χ2n) is 5.40. The molecule has 25 heavy (non-hydrogen) atoms. The maximum Gasteiger partial charge on any atom is 0.311 e. The zero-order chi connectivity index (χ0) is 18.4. The lowest BCUT2D eigenvalue weighted by Gasteiger charge is -2.16. The fourth-order valence-electron chi connectivity index (χ4n) is 2.66. The molecule has 2 aromatic carbocycles. The van der Waals surface area contributed by atoms with E-state index >= 15 is 0 Å². The highest BCUT2D eigenvalue weighted by Gasteiger charge is 2.22. The Morgan fingerprint density at radius 2 is 1.36 bits per heavy atom. The van der Waals surface area contributed by atoms with Crippen LogP contribution in [0.15, 0.2) is 36.4 Å². The van der Waals surface area contributed by atoms with Gasteiger partial charge in [-0.1, -0.05) is 12.1 Å². The molecule has 2 rings (SSSR count). The lowest BCUT2D eigenvalue weighted by molar-refractivity contribution is -0.138. The Labute approximate surface area is 146 Å². The number of carboxylic acids is 1. The summed E-state index contributed by atoms with van der Waals surface area (Å²) >= 11 is 0. The van der Waals surface area contributed by atoms with Gasteiger partial charge in [0.1, 0.15) is 0 Å². The molecule has 6 nitrogen and oxygen atoms in total. The number of aliphatic carboxylic acids is 1. The first-order chi connectivity index (χ1) is 12.0. The standard InChI is InChI=1S/C19H22O6/c1-22-15-7-5-12(10-17(15)24-3)9-14(19(20)21)13-6-8-16(23-2)18(11-13)25-4/h5-8,10-11,14H,9H2,1-4H3,(H,20,21)/t14-/m0/s1. The maximum absolute atomic E-state index is 11.8. The van der Waals surface area contributed by atoms with Crippen molar-refractivity contribution in [1.82, 2.24) is 0 Å². The molecule has 1 atom stereocenters. The van der Waals surface area contributed by atoms with E-state index in [2.05, 4.69) is 0 Å². The third-order valence-corrected chi connectivity index (χ3v) is 4.00. The molecular formula is C19H22O6. The third-order valence-electron chi connectivity index (χ3n) is 4.00. The molecule has 0 saturated carbocycles. The van der Waals surface area contributed by atoms with Crippen molar-refractivity contribution in [2.45, 2.75) is 12.3 Å². The summed E-state index contributed by atoms with van der Waals surface area (Å²) in [7, 11) is 6.16. The molecule has 6 heteroatoms. The summed E-state index contributed by atoms with van der Waals surface area (Å²) in [5.74, 6) is 0.584. The van der Waals surface area contributed by atoms with Crippen LogP contribution in [-0.4, -0.2) is 39.5 Å². The van der Waals surface area contributed by atoms with E-state index in [-0.39, 0.29) is 0 Å². The van der Waals surface area contributed by atoms with Crippen LogP contribution in [0.3, 0.4) is 0 Å². The average Bonchev–Trinajstić information content (AvgIpc) is 2.64. The Morgan fingerprint density at radius 1 is 0.840 bits per heavy atom. The first-order valence-corrected chi connectivity index (χ1v) is 7.69. The van der Waals surface area contributed by atoms with E-state index in [4.69, 9.17) is 18.9 Å². The minimum absolute atomic E-state index is 0.311. The number of ether oxygens (including phenoxy) is 4. The number of methoxy groups -OCH3 is 4. The Balaban J connectivity index is 2.35. The Morgan fingerprint density at radius 3 is 1.88 bits per heavy atom. The molecule has 0 aliphatic rings. The monoisotopic (exact) mass is 346 g/mol. The molecule has 0 saturated heterocycles. The summed E-state index contributed by atoms with van der Waals surface area (Å²) in [6.07, 6.45) is 0.311. The second-order valence-corrected chi connectivity index (χ2v) is 5.40. The van der Waals surface area contributed by atoms with E-state index in [1.165, 1.54) is 14.2 Å². The van der Waals surface area contributed by atoms with Crippen LogP contribution < -0.4 is 18.9 Å². The highest BCUT2D eigenvalue weighted by Crippen LogP contribution is 2.34. The number of benzene rings is 2. The average molecular weight is 346 g/mol. The number of carbonyl (C=O) groups is 1. The van der Waals surface area contributed by atoms with Gasteiger partial charge in [-0.3, -0.25) is 4.79 Å². The fourth-order valence-corrected chi connectivity index (χ4v) is 2.66. The van der Waals surface area contributed by atoms with E-state index in [0.29, 0.717) is 35.0 Å². The number of rotatable bonds is 8. The topological polar surface area (TPSA) is 74.2 Å². The van der Waals surface area contributed by atoms with E-state index in [0.717, 1.165) is 5.56 Å². The zero-order valence-corrected chi connectivity index (χ0v) is 14.7. The highest BCUT2D eigenvalue weighted by molar-refractivity contribution is 5.77. The number of carboxylic acid groups (broad SMARTS) is 1. The molecule has 0 unspecified atom stereocenters. The van der Waals surface area contributed by atoms with Gasteiger partial charge in [0.2, 0.25) is 0 Å². The van der Waals surface area contributed by atoms with Gasteiger partial charge in [0.15, 0.2) is 23.0 Å². The molecule has 0 amide bonds. The van der Waals surface area contributed by atoms with Crippen LogP contribution in [0.4, 0.5) is 0 Å². The summed E-state index contributed by atoms with van der Waals surface area (Å²) < 4.78 is 21.0. The quantitative estimate of drug-likeness (QED) is 0.791. The molecule has 0 aliphatic heterocycles. The largest absolute Gasteiger partial charge is 0.493 e. The molecule has 0 aromatic heterocycles. The first kappa shape index (κ1) is 18.4. The van der Waals surface area contributed by atoms with Gasteiger partial charge in [-0.25, -0.2) is 0 Å². The lowest BCUT2D eigenvalue weighted by atomic mass is 9.91. The number of hydrogen-bond donors (Lipinski definition) is 1. The lowest BCUT2D eigenvalue weighted by Crippen LogP contribution is -2.14. The molecule has 0 aliphatic carbocycles. The minimum Gasteiger partial charge on any atom is -0.493 e. The van der Waals surface area contributed by atoms with Crippen LogP contribution >= 0.6 is 0 Å². The van der Waals surface area contributed by atoms with Crippen molar-refractivity contribution in [3.63, 3.8) is 0 Å². The SMILES string of the molecule is COc1ccc(C[C@H](C(=O)O)c2ccc(OC)c(OC)c2)cc1OC. The summed E-state index contributed by atoms with van der Waals surface area (Å²) in [5, 5.41) is 9.68. The van der Waals surface area contributed by atoms with Crippen molar-refractivity contribution in [3.05, 3.63) is 47.5 Å². The van der Waals surface area contributed by atoms with Gasteiger partial charge < -0.3 is 24.1 Å². The Hall–Kier alpha value is -2.89. The van der Waals surface area contributed by atoms with Gasteiger partial charge in [0.05, 0.1) is 34.4 Å². The summed E-state index contributed by atoms with van der Waals surface area (Å²) in [6, 6.07) is 10.5. The van der Waals surface area contributed by atoms with Crippen molar-refractivity contribution in [1.29, 1.82) is 0 Å². The normalized spacial score (nSPS) is 11.5. The van der Waals surface area contributed by atoms with E-state index < -0.39 is 11.9 Å². The molecule has 0 radical (unpaired) electrons. The van der Waals surface area contributed by atoms with E-state index in [1.807, 2.05) is 6.07 Å². The molecule has 1 N–H and O–H groups in total. The van der Waals surface area contributed by atoms with Crippen LogP contribution in [0.25, 0.3) is 0 Å². The van der Waals surface area contributed by atoms with Gasteiger partial charge in [-0.2, -0.15) is 0 Å². The smallest absolute Gasteiger partial charge is 0.311 e.